The molecule has 3 N–H and O–H groups in total. The van der Waals surface area contributed by atoms with Crippen LogP contribution in [-0.4, -0.2) is 61.3 Å². The fourth-order valence-corrected chi connectivity index (χ4v) is 5.39. The van der Waals surface area contributed by atoms with Gasteiger partial charge >= 0.3 is 0 Å². The van der Waals surface area contributed by atoms with Crippen LogP contribution in [0, 0.1) is 10.8 Å². The highest BCUT2D eigenvalue weighted by atomic mass is 16.2. The first-order valence-electron chi connectivity index (χ1n) is 11.6. The van der Waals surface area contributed by atoms with Crippen molar-refractivity contribution >= 4 is 17.7 Å². The number of rotatable bonds is 8. The highest BCUT2D eigenvalue weighted by Gasteiger charge is 2.50. The van der Waals surface area contributed by atoms with Crippen molar-refractivity contribution in [2.45, 2.75) is 57.9 Å². The molecule has 1 heterocycles. The van der Waals surface area contributed by atoms with Crippen LogP contribution in [0.5, 0.6) is 0 Å². The largest absolute Gasteiger partial charge is 0.368 e. The molecule has 1 saturated heterocycles. The minimum Gasteiger partial charge on any atom is -0.368 e. The molecule has 0 unspecified atom stereocenters. The van der Waals surface area contributed by atoms with Crippen molar-refractivity contribution in [1.82, 2.24) is 15.1 Å². The van der Waals surface area contributed by atoms with E-state index in [4.69, 9.17) is 5.73 Å². The second-order valence-electron chi connectivity index (χ2n) is 10.6. The molecule has 1 saturated carbocycles. The lowest BCUT2D eigenvalue weighted by Crippen LogP contribution is -2.47. The summed E-state index contributed by atoms with van der Waals surface area (Å²) in [6.07, 6.45) is 5.25. The molecule has 1 aliphatic heterocycles. The molecule has 1 spiro atoms. The third-order valence-electron chi connectivity index (χ3n) is 7.75. The van der Waals surface area contributed by atoms with Gasteiger partial charge in [0.2, 0.25) is 17.7 Å². The fraction of sp³-hybridized carbons (Fsp3) is 0.640. The van der Waals surface area contributed by atoms with Gasteiger partial charge in [0, 0.05) is 30.5 Å². The first-order chi connectivity index (χ1) is 15.0. The summed E-state index contributed by atoms with van der Waals surface area (Å²) >= 11 is 0. The first-order valence-corrected chi connectivity index (χ1v) is 11.6. The maximum Gasteiger partial charge on any atom is 0.236 e. The molecule has 2 fully saturated rings. The van der Waals surface area contributed by atoms with Crippen LogP contribution in [0.1, 0.15) is 57.9 Å². The Bertz CT molecular complexity index is 842. The van der Waals surface area contributed by atoms with Crippen LogP contribution in [-0.2, 0) is 19.9 Å². The molecule has 2 aliphatic rings. The quantitative estimate of drug-likeness (QED) is 0.645. The third kappa shape index (κ3) is 4.98. The van der Waals surface area contributed by atoms with E-state index < -0.39 is 11.3 Å². The van der Waals surface area contributed by atoms with E-state index in [9.17, 15) is 14.4 Å². The van der Waals surface area contributed by atoms with Gasteiger partial charge in [-0.2, -0.15) is 0 Å². The number of hydrogen-bond acceptors (Lipinski definition) is 4. The van der Waals surface area contributed by atoms with Crippen molar-refractivity contribution in [3.63, 3.8) is 0 Å². The molecular formula is C25H38N4O3. The summed E-state index contributed by atoms with van der Waals surface area (Å²) in [5, 5.41) is 2.58. The lowest BCUT2D eigenvalue weighted by Gasteiger charge is -2.49. The molecule has 0 atom stereocenters. The average molecular weight is 443 g/mol. The molecule has 176 valence electrons. The van der Waals surface area contributed by atoms with Gasteiger partial charge in [0.05, 0.1) is 6.54 Å². The Morgan fingerprint density at radius 3 is 2.31 bits per heavy atom. The van der Waals surface area contributed by atoms with Crippen molar-refractivity contribution in [2.24, 2.45) is 16.6 Å². The van der Waals surface area contributed by atoms with E-state index in [0.29, 0.717) is 19.4 Å². The lowest BCUT2D eigenvalue weighted by atomic mass is 9.64. The number of carbonyl (C=O) groups excluding carboxylic acids is 3. The van der Waals surface area contributed by atoms with Gasteiger partial charge in [-0.15, -0.1) is 0 Å². The maximum absolute atomic E-state index is 12.9. The van der Waals surface area contributed by atoms with Crippen LogP contribution in [0.15, 0.2) is 30.3 Å². The van der Waals surface area contributed by atoms with E-state index >= 15 is 0 Å². The highest BCUT2D eigenvalue weighted by molar-refractivity contribution is 5.87. The van der Waals surface area contributed by atoms with Gasteiger partial charge in [-0.25, -0.2) is 0 Å². The first kappa shape index (κ1) is 24.2. The molecule has 0 bridgehead atoms. The minimum absolute atomic E-state index is 0.0173. The van der Waals surface area contributed by atoms with Gasteiger partial charge in [-0.1, -0.05) is 44.2 Å². The molecule has 7 heteroatoms. The van der Waals surface area contributed by atoms with Crippen LogP contribution >= 0.6 is 0 Å². The number of hydrogen-bond donors (Lipinski definition) is 2. The van der Waals surface area contributed by atoms with E-state index in [0.717, 1.165) is 32.2 Å². The summed E-state index contributed by atoms with van der Waals surface area (Å²) in [6.45, 7) is 4.83. The SMILES string of the molecule is CN(C)C1(c2ccccc2)CCC2(CC1)CC(=O)N(CCC(C)(C)C(=O)NCC(N)=O)C2. The standard InChI is InChI=1S/C25H38N4O3/c1-23(2,22(32)27-17-20(26)30)14-15-29-18-24(16-21(29)31)10-12-25(13-11-24,28(3)4)19-8-6-5-7-9-19/h5-9H,10-18H2,1-4H3,(H2,26,30)(H,27,32). The number of nitrogens with two attached hydrogens (primary N) is 1. The van der Waals surface area contributed by atoms with Crippen LogP contribution in [0.3, 0.4) is 0 Å². The van der Waals surface area contributed by atoms with Gasteiger partial charge in [0.1, 0.15) is 0 Å². The molecule has 0 aromatic heterocycles. The Labute approximate surface area is 191 Å². The van der Waals surface area contributed by atoms with Crippen LogP contribution in [0.2, 0.25) is 0 Å². The summed E-state index contributed by atoms with van der Waals surface area (Å²) in [5.74, 6) is -0.586. The molecule has 1 aromatic carbocycles. The molecule has 32 heavy (non-hydrogen) atoms. The number of nitrogens with zero attached hydrogens (tertiary/aromatic N) is 2. The van der Waals surface area contributed by atoms with Gasteiger partial charge in [-0.05, 0) is 57.2 Å². The van der Waals surface area contributed by atoms with Gasteiger partial charge in [0.15, 0.2) is 0 Å². The topological polar surface area (TPSA) is 95.7 Å². The van der Waals surface area contributed by atoms with Gasteiger partial charge in [-0.3, -0.25) is 19.3 Å². The van der Waals surface area contributed by atoms with Crippen molar-refractivity contribution in [3.05, 3.63) is 35.9 Å². The van der Waals surface area contributed by atoms with E-state index in [-0.39, 0.29) is 29.3 Å². The minimum atomic E-state index is -0.675. The number of carbonyl (C=O) groups is 3. The summed E-state index contributed by atoms with van der Waals surface area (Å²) in [5.41, 5.74) is 5.85. The number of amides is 3. The zero-order valence-corrected chi connectivity index (χ0v) is 19.9. The monoisotopic (exact) mass is 442 g/mol. The Balaban J connectivity index is 1.61. The second kappa shape index (κ2) is 9.22. The lowest BCUT2D eigenvalue weighted by molar-refractivity contribution is -0.133. The van der Waals surface area contributed by atoms with E-state index in [1.807, 2.05) is 18.7 Å². The van der Waals surface area contributed by atoms with E-state index in [2.05, 4.69) is 54.6 Å². The molecule has 3 amide bonds. The van der Waals surface area contributed by atoms with E-state index in [1.54, 1.807) is 0 Å². The summed E-state index contributed by atoms with van der Waals surface area (Å²) in [4.78, 5) is 40.5. The molecular weight excluding hydrogens is 404 g/mol. The number of primary amides is 1. The second-order valence-corrected chi connectivity index (χ2v) is 10.6. The average Bonchev–Trinajstić information content (AvgIpc) is 3.06. The summed E-state index contributed by atoms with van der Waals surface area (Å²) < 4.78 is 0. The van der Waals surface area contributed by atoms with Gasteiger partial charge in [0.25, 0.3) is 0 Å². The van der Waals surface area contributed by atoms with Crippen molar-refractivity contribution in [1.29, 1.82) is 0 Å². The normalized spacial score (nSPS) is 26.0. The smallest absolute Gasteiger partial charge is 0.236 e. The zero-order chi connectivity index (χ0) is 23.6. The summed E-state index contributed by atoms with van der Waals surface area (Å²) in [6, 6.07) is 10.7. The molecule has 3 rings (SSSR count). The number of benzene rings is 1. The van der Waals surface area contributed by atoms with E-state index in [1.165, 1.54) is 5.56 Å². The number of nitrogens with one attached hydrogen (secondary N) is 1. The highest BCUT2D eigenvalue weighted by Crippen LogP contribution is 2.52. The van der Waals surface area contributed by atoms with Crippen molar-refractivity contribution in [2.75, 3.05) is 33.7 Å². The van der Waals surface area contributed by atoms with Crippen LogP contribution in [0.25, 0.3) is 0 Å². The van der Waals surface area contributed by atoms with Crippen molar-refractivity contribution < 1.29 is 14.4 Å². The third-order valence-corrected chi connectivity index (χ3v) is 7.75. The fourth-order valence-electron chi connectivity index (χ4n) is 5.39. The molecule has 1 aromatic rings. The van der Waals surface area contributed by atoms with Crippen LogP contribution < -0.4 is 11.1 Å². The zero-order valence-electron chi connectivity index (χ0n) is 19.9. The predicted octanol–water partition coefficient (Wildman–Crippen LogP) is 2.25. The Hall–Kier alpha value is -2.41. The van der Waals surface area contributed by atoms with Gasteiger partial charge < -0.3 is 16.0 Å². The van der Waals surface area contributed by atoms with Crippen molar-refractivity contribution in [3.8, 4) is 0 Å². The Morgan fingerprint density at radius 2 is 1.75 bits per heavy atom. The Morgan fingerprint density at radius 1 is 1.12 bits per heavy atom. The summed E-state index contributed by atoms with van der Waals surface area (Å²) in [7, 11) is 4.31. The molecule has 7 nitrogen and oxygen atoms in total. The maximum atomic E-state index is 12.9. The number of likely N-dealkylation sites (tertiary alicyclic amines) is 1. The Kier molecular flexibility index (Phi) is 6.98. The predicted molar refractivity (Wildman–Crippen MR) is 125 cm³/mol. The molecule has 0 radical (unpaired) electrons. The molecule has 1 aliphatic carbocycles. The van der Waals surface area contributed by atoms with Crippen LogP contribution in [0.4, 0.5) is 0 Å².